The number of carbonyl (C=O) groups is 1. The lowest BCUT2D eigenvalue weighted by molar-refractivity contribution is 0.0953. The first-order valence-corrected chi connectivity index (χ1v) is 7.32. The lowest BCUT2D eigenvalue weighted by Crippen LogP contribution is -2.26. The zero-order valence-electron chi connectivity index (χ0n) is 13.1. The average Bonchev–Trinajstić information content (AvgIpc) is 2.38. The minimum atomic E-state index is 0.00537. The topological polar surface area (TPSA) is 44.4 Å². The lowest BCUT2D eigenvalue weighted by atomic mass is 10.1. The molecule has 0 aliphatic carbocycles. The second-order valence-corrected chi connectivity index (χ2v) is 5.35. The average molecular weight is 277 g/mol. The van der Waals surface area contributed by atoms with E-state index in [0.29, 0.717) is 0 Å². The van der Waals surface area contributed by atoms with Gasteiger partial charge in [0.05, 0.1) is 5.56 Å². The second-order valence-electron chi connectivity index (χ2n) is 5.35. The van der Waals surface area contributed by atoms with Crippen LogP contribution in [0.25, 0.3) is 0 Å². The Bertz CT molecular complexity index is 430. The van der Waals surface area contributed by atoms with Crippen LogP contribution in [0.1, 0.15) is 35.7 Å². The number of unbranched alkanes of at least 4 members (excludes halogenated alkanes) is 1. The summed E-state index contributed by atoms with van der Waals surface area (Å²) in [5, 5.41) is 6.24. The minimum Gasteiger partial charge on any atom is -0.385 e. The Morgan fingerprint density at radius 1 is 1.25 bits per heavy atom. The molecule has 0 heterocycles. The number of hydrogen-bond acceptors (Lipinski definition) is 3. The summed E-state index contributed by atoms with van der Waals surface area (Å²) in [4.78, 5) is 14.3. The summed E-state index contributed by atoms with van der Waals surface area (Å²) in [6.45, 7) is 6.66. The Balaban J connectivity index is 2.50. The molecule has 4 heteroatoms. The van der Waals surface area contributed by atoms with Crippen LogP contribution in [0.15, 0.2) is 18.2 Å². The molecule has 1 amide bonds. The van der Waals surface area contributed by atoms with Gasteiger partial charge in [-0.1, -0.05) is 6.07 Å². The number of hydrogen-bond donors (Lipinski definition) is 2. The van der Waals surface area contributed by atoms with E-state index in [9.17, 15) is 4.79 Å². The summed E-state index contributed by atoms with van der Waals surface area (Å²) < 4.78 is 0. The molecule has 0 aliphatic heterocycles. The number of amides is 1. The van der Waals surface area contributed by atoms with Gasteiger partial charge in [-0.05, 0) is 65.0 Å². The number of nitrogens with one attached hydrogen (secondary N) is 2. The van der Waals surface area contributed by atoms with E-state index in [0.717, 1.165) is 49.3 Å². The van der Waals surface area contributed by atoms with Crippen LogP contribution >= 0.6 is 0 Å². The minimum absolute atomic E-state index is 0.00537. The van der Waals surface area contributed by atoms with E-state index in [-0.39, 0.29) is 5.91 Å². The molecule has 0 unspecified atom stereocenters. The standard InChI is InChI=1S/C16H27N3O/c1-5-17-15-12-13(2)8-9-14(15)16(20)18-10-6-7-11-19(3)4/h8-9,12,17H,5-7,10-11H2,1-4H3,(H,18,20). The van der Waals surface area contributed by atoms with Gasteiger partial charge in [-0.2, -0.15) is 0 Å². The summed E-state index contributed by atoms with van der Waals surface area (Å²) in [6.07, 6.45) is 2.10. The van der Waals surface area contributed by atoms with Gasteiger partial charge in [0.1, 0.15) is 0 Å². The molecule has 0 bridgehead atoms. The van der Waals surface area contributed by atoms with Gasteiger partial charge in [0.2, 0.25) is 0 Å². The Labute approximate surface area is 122 Å². The molecular formula is C16H27N3O. The van der Waals surface area contributed by atoms with Crippen molar-refractivity contribution in [2.45, 2.75) is 26.7 Å². The highest BCUT2D eigenvalue weighted by atomic mass is 16.1. The Morgan fingerprint density at radius 2 is 2.00 bits per heavy atom. The van der Waals surface area contributed by atoms with Crippen LogP contribution < -0.4 is 10.6 Å². The van der Waals surface area contributed by atoms with Gasteiger partial charge in [-0.25, -0.2) is 0 Å². The van der Waals surface area contributed by atoms with Crippen molar-refractivity contribution in [3.8, 4) is 0 Å². The van der Waals surface area contributed by atoms with Crippen LogP contribution in [0.3, 0.4) is 0 Å². The molecular weight excluding hydrogens is 250 g/mol. The van der Waals surface area contributed by atoms with E-state index >= 15 is 0 Å². The maximum atomic E-state index is 12.2. The maximum Gasteiger partial charge on any atom is 0.253 e. The summed E-state index contributed by atoms with van der Waals surface area (Å²) in [5.41, 5.74) is 2.80. The zero-order chi connectivity index (χ0) is 15.0. The molecule has 20 heavy (non-hydrogen) atoms. The molecule has 0 saturated carbocycles. The normalized spacial score (nSPS) is 10.7. The number of anilines is 1. The van der Waals surface area contributed by atoms with E-state index in [2.05, 4.69) is 29.6 Å². The first-order valence-electron chi connectivity index (χ1n) is 7.32. The van der Waals surface area contributed by atoms with Crippen LogP contribution in [-0.4, -0.2) is 44.5 Å². The van der Waals surface area contributed by atoms with Crippen molar-refractivity contribution in [3.05, 3.63) is 29.3 Å². The SMILES string of the molecule is CCNc1cc(C)ccc1C(=O)NCCCCN(C)C. The number of benzene rings is 1. The fourth-order valence-corrected chi connectivity index (χ4v) is 2.04. The second kappa shape index (κ2) is 8.59. The third-order valence-electron chi connectivity index (χ3n) is 3.10. The Kier molecular flexibility index (Phi) is 7.09. The van der Waals surface area contributed by atoms with Crippen LogP contribution in [0.4, 0.5) is 5.69 Å². The predicted molar refractivity (Wildman–Crippen MR) is 85.5 cm³/mol. The van der Waals surface area contributed by atoms with Crippen molar-refractivity contribution in [2.24, 2.45) is 0 Å². The Hall–Kier alpha value is -1.55. The van der Waals surface area contributed by atoms with E-state index in [1.165, 1.54) is 0 Å². The van der Waals surface area contributed by atoms with Gasteiger partial charge in [0.15, 0.2) is 0 Å². The van der Waals surface area contributed by atoms with Crippen LogP contribution in [0.2, 0.25) is 0 Å². The molecule has 1 rings (SSSR count). The summed E-state index contributed by atoms with van der Waals surface area (Å²) in [7, 11) is 4.13. The molecule has 1 aromatic carbocycles. The zero-order valence-corrected chi connectivity index (χ0v) is 13.1. The van der Waals surface area contributed by atoms with E-state index in [1.807, 2.05) is 32.0 Å². The van der Waals surface area contributed by atoms with E-state index in [4.69, 9.17) is 0 Å². The highest BCUT2D eigenvalue weighted by Gasteiger charge is 2.10. The van der Waals surface area contributed by atoms with Crippen LogP contribution in [0, 0.1) is 6.92 Å². The van der Waals surface area contributed by atoms with Crippen molar-refractivity contribution in [3.63, 3.8) is 0 Å². The van der Waals surface area contributed by atoms with Crippen molar-refractivity contribution in [1.82, 2.24) is 10.2 Å². The van der Waals surface area contributed by atoms with E-state index < -0.39 is 0 Å². The molecule has 4 nitrogen and oxygen atoms in total. The molecule has 0 spiro atoms. The number of nitrogens with zero attached hydrogens (tertiary/aromatic N) is 1. The first kappa shape index (κ1) is 16.5. The molecule has 0 aliphatic rings. The summed E-state index contributed by atoms with van der Waals surface area (Å²) in [5.74, 6) is 0.00537. The molecule has 0 radical (unpaired) electrons. The molecule has 0 aromatic heterocycles. The molecule has 0 fully saturated rings. The smallest absolute Gasteiger partial charge is 0.253 e. The van der Waals surface area contributed by atoms with Crippen molar-refractivity contribution in [2.75, 3.05) is 39.0 Å². The van der Waals surface area contributed by atoms with Gasteiger partial charge in [0, 0.05) is 18.8 Å². The lowest BCUT2D eigenvalue weighted by Gasteiger charge is -2.13. The van der Waals surface area contributed by atoms with Crippen molar-refractivity contribution < 1.29 is 4.79 Å². The fourth-order valence-electron chi connectivity index (χ4n) is 2.04. The predicted octanol–water partition coefficient (Wildman–Crippen LogP) is 2.50. The molecule has 112 valence electrons. The maximum absolute atomic E-state index is 12.2. The van der Waals surface area contributed by atoms with Gasteiger partial charge < -0.3 is 15.5 Å². The first-order chi connectivity index (χ1) is 9.54. The molecule has 2 N–H and O–H groups in total. The molecule has 0 atom stereocenters. The third kappa shape index (κ3) is 5.61. The highest BCUT2D eigenvalue weighted by Crippen LogP contribution is 2.17. The van der Waals surface area contributed by atoms with E-state index in [1.54, 1.807) is 0 Å². The summed E-state index contributed by atoms with van der Waals surface area (Å²) >= 11 is 0. The quantitative estimate of drug-likeness (QED) is 0.718. The van der Waals surface area contributed by atoms with Crippen molar-refractivity contribution >= 4 is 11.6 Å². The van der Waals surface area contributed by atoms with Crippen LogP contribution in [0.5, 0.6) is 0 Å². The Morgan fingerprint density at radius 3 is 2.65 bits per heavy atom. The van der Waals surface area contributed by atoms with Crippen molar-refractivity contribution in [1.29, 1.82) is 0 Å². The van der Waals surface area contributed by atoms with Gasteiger partial charge >= 0.3 is 0 Å². The summed E-state index contributed by atoms with van der Waals surface area (Å²) in [6, 6.07) is 5.88. The number of carbonyl (C=O) groups excluding carboxylic acids is 1. The highest BCUT2D eigenvalue weighted by molar-refractivity contribution is 5.99. The largest absolute Gasteiger partial charge is 0.385 e. The van der Waals surface area contributed by atoms with Gasteiger partial charge in [0.25, 0.3) is 5.91 Å². The monoisotopic (exact) mass is 277 g/mol. The molecule has 1 aromatic rings. The van der Waals surface area contributed by atoms with Gasteiger partial charge in [-0.15, -0.1) is 0 Å². The number of rotatable bonds is 8. The van der Waals surface area contributed by atoms with Crippen LogP contribution in [-0.2, 0) is 0 Å². The van der Waals surface area contributed by atoms with Gasteiger partial charge in [-0.3, -0.25) is 4.79 Å². The number of aryl methyl sites for hydroxylation is 1. The third-order valence-corrected chi connectivity index (χ3v) is 3.10. The fraction of sp³-hybridized carbons (Fsp3) is 0.562. The molecule has 0 saturated heterocycles.